The molecule has 0 unspecified atom stereocenters. The van der Waals surface area contributed by atoms with E-state index in [1.165, 1.54) is 0 Å². The topological polar surface area (TPSA) is 71.1 Å². The maximum absolute atomic E-state index is 12.0. The normalized spacial score (nSPS) is 12.8. The van der Waals surface area contributed by atoms with Gasteiger partial charge in [0, 0.05) is 27.4 Å². The van der Waals surface area contributed by atoms with Gasteiger partial charge in [-0.1, -0.05) is 26.0 Å². The van der Waals surface area contributed by atoms with Crippen LogP contribution in [0.1, 0.15) is 19.4 Å². The Labute approximate surface area is 140 Å². The van der Waals surface area contributed by atoms with E-state index in [4.69, 9.17) is 17.5 Å². The van der Waals surface area contributed by atoms with Crippen LogP contribution in [0.15, 0.2) is 29.2 Å². The maximum Gasteiger partial charge on any atom is 0.500 e. The Kier molecular flexibility index (Phi) is 7.85. The lowest BCUT2D eigenvalue weighted by Crippen LogP contribution is -2.43. The van der Waals surface area contributed by atoms with E-state index in [0.29, 0.717) is 12.5 Å². The fourth-order valence-electron chi connectivity index (χ4n) is 1.97. The molecular formula is C15H26O6SSi. The molecule has 0 spiro atoms. The first-order valence-electron chi connectivity index (χ1n) is 7.42. The van der Waals surface area contributed by atoms with Gasteiger partial charge in [-0.05, 0) is 30.0 Å². The highest BCUT2D eigenvalue weighted by molar-refractivity contribution is 7.86. The van der Waals surface area contributed by atoms with Crippen LogP contribution in [0.25, 0.3) is 0 Å². The lowest BCUT2D eigenvalue weighted by Gasteiger charge is -2.24. The lowest BCUT2D eigenvalue weighted by molar-refractivity contribution is 0.123. The predicted molar refractivity (Wildman–Crippen MR) is 89.7 cm³/mol. The smallest absolute Gasteiger partial charge is 0.377 e. The van der Waals surface area contributed by atoms with Crippen molar-refractivity contribution in [2.24, 2.45) is 5.92 Å². The second kappa shape index (κ2) is 8.91. The van der Waals surface area contributed by atoms with Crippen molar-refractivity contribution in [3.63, 3.8) is 0 Å². The van der Waals surface area contributed by atoms with Gasteiger partial charge >= 0.3 is 8.80 Å². The predicted octanol–water partition coefficient (Wildman–Crippen LogP) is 2.47. The molecule has 1 aromatic carbocycles. The van der Waals surface area contributed by atoms with Crippen LogP contribution in [0.2, 0.25) is 6.04 Å². The zero-order chi connectivity index (χ0) is 17.5. The molecule has 23 heavy (non-hydrogen) atoms. The second-order valence-electron chi connectivity index (χ2n) is 5.57. The van der Waals surface area contributed by atoms with Crippen LogP contribution in [-0.4, -0.2) is 45.2 Å². The first-order chi connectivity index (χ1) is 10.8. The number of benzene rings is 1. The van der Waals surface area contributed by atoms with Crippen molar-refractivity contribution < 1.29 is 25.9 Å². The summed E-state index contributed by atoms with van der Waals surface area (Å²) in [6.07, 6.45) is 0.676. The van der Waals surface area contributed by atoms with Gasteiger partial charge in [0.05, 0.1) is 11.5 Å². The highest BCUT2D eigenvalue weighted by Gasteiger charge is 2.37. The van der Waals surface area contributed by atoms with E-state index in [2.05, 4.69) is 0 Å². The van der Waals surface area contributed by atoms with Gasteiger partial charge in [0.2, 0.25) is 0 Å². The Balaban J connectivity index is 2.73. The third-order valence-electron chi connectivity index (χ3n) is 3.42. The molecule has 0 radical (unpaired) electrons. The second-order valence-corrected chi connectivity index (χ2v) is 10.3. The van der Waals surface area contributed by atoms with E-state index in [0.717, 1.165) is 5.56 Å². The Morgan fingerprint density at radius 3 is 1.96 bits per heavy atom. The van der Waals surface area contributed by atoms with Crippen molar-refractivity contribution in [3.05, 3.63) is 29.8 Å². The van der Waals surface area contributed by atoms with Crippen molar-refractivity contribution in [2.75, 3.05) is 27.9 Å². The van der Waals surface area contributed by atoms with Gasteiger partial charge in [0.1, 0.15) is 0 Å². The molecule has 0 bridgehead atoms. The molecule has 8 heteroatoms. The standard InChI is InChI=1S/C15H26O6SSi/c1-13(2)12-21-22(16,17)15-8-6-14(7-9-15)10-11-23(18-3,19-4)20-5/h6-9,13H,10-12H2,1-5H3. The summed E-state index contributed by atoms with van der Waals surface area (Å²) < 4.78 is 45.2. The van der Waals surface area contributed by atoms with Crippen molar-refractivity contribution in [1.29, 1.82) is 0 Å². The average Bonchev–Trinajstić information content (AvgIpc) is 2.55. The van der Waals surface area contributed by atoms with E-state index < -0.39 is 18.9 Å². The van der Waals surface area contributed by atoms with Crippen molar-refractivity contribution >= 4 is 18.9 Å². The fourth-order valence-corrected chi connectivity index (χ4v) is 4.73. The van der Waals surface area contributed by atoms with Gasteiger partial charge < -0.3 is 13.3 Å². The molecule has 0 atom stereocenters. The number of hydrogen-bond acceptors (Lipinski definition) is 6. The Morgan fingerprint density at radius 1 is 1.00 bits per heavy atom. The molecule has 0 aromatic heterocycles. The fraction of sp³-hybridized carbons (Fsp3) is 0.600. The molecule has 6 nitrogen and oxygen atoms in total. The largest absolute Gasteiger partial charge is 0.500 e. The van der Waals surface area contributed by atoms with E-state index in [1.807, 2.05) is 13.8 Å². The number of rotatable bonds is 10. The molecule has 0 aliphatic heterocycles. The molecule has 132 valence electrons. The minimum atomic E-state index is -3.69. The molecule has 0 amide bonds. The molecule has 1 rings (SSSR count). The summed E-state index contributed by atoms with van der Waals surface area (Å²) in [5, 5.41) is 0. The summed E-state index contributed by atoms with van der Waals surface area (Å²) in [6, 6.07) is 7.27. The van der Waals surface area contributed by atoms with Gasteiger partial charge in [-0.15, -0.1) is 0 Å². The third kappa shape index (κ3) is 5.98. The minimum absolute atomic E-state index is 0.152. The zero-order valence-corrected chi connectivity index (χ0v) is 16.2. The molecule has 0 heterocycles. The summed E-state index contributed by atoms with van der Waals surface area (Å²) in [5.74, 6) is 0.152. The van der Waals surface area contributed by atoms with Crippen molar-refractivity contribution in [2.45, 2.75) is 31.2 Å². The molecular weight excluding hydrogens is 336 g/mol. The van der Waals surface area contributed by atoms with Gasteiger partial charge in [-0.2, -0.15) is 8.42 Å². The molecule has 0 saturated carbocycles. The first-order valence-corrected chi connectivity index (χ1v) is 10.8. The first kappa shape index (κ1) is 20.3. The van der Waals surface area contributed by atoms with E-state index in [9.17, 15) is 8.42 Å². The molecule has 1 aromatic rings. The summed E-state index contributed by atoms with van der Waals surface area (Å²) in [6.45, 7) is 3.97. The number of aryl methyl sites for hydroxylation is 1. The van der Waals surface area contributed by atoms with Crippen LogP contribution in [0.4, 0.5) is 0 Å². The van der Waals surface area contributed by atoms with E-state index in [1.54, 1.807) is 45.6 Å². The zero-order valence-electron chi connectivity index (χ0n) is 14.4. The van der Waals surface area contributed by atoms with Crippen LogP contribution in [0.5, 0.6) is 0 Å². The highest BCUT2D eigenvalue weighted by Crippen LogP contribution is 2.19. The van der Waals surface area contributed by atoms with Crippen molar-refractivity contribution in [1.82, 2.24) is 0 Å². The summed E-state index contributed by atoms with van der Waals surface area (Å²) in [4.78, 5) is 0.163. The molecule has 0 aliphatic carbocycles. The minimum Gasteiger partial charge on any atom is -0.377 e. The Bertz CT molecular complexity index is 558. The summed E-state index contributed by atoms with van der Waals surface area (Å²) >= 11 is 0. The maximum atomic E-state index is 12.0. The van der Waals surface area contributed by atoms with Crippen LogP contribution in [0, 0.1) is 5.92 Å². The third-order valence-corrected chi connectivity index (χ3v) is 7.45. The lowest BCUT2D eigenvalue weighted by atomic mass is 10.2. The van der Waals surface area contributed by atoms with Crippen LogP contribution in [0.3, 0.4) is 0 Å². The van der Waals surface area contributed by atoms with Crippen LogP contribution < -0.4 is 0 Å². The van der Waals surface area contributed by atoms with E-state index in [-0.39, 0.29) is 17.4 Å². The van der Waals surface area contributed by atoms with Gasteiger partial charge in [0.15, 0.2) is 0 Å². The van der Waals surface area contributed by atoms with Crippen LogP contribution >= 0.6 is 0 Å². The molecule has 0 fully saturated rings. The summed E-state index contributed by atoms with van der Waals surface area (Å²) in [7, 11) is -1.60. The quantitative estimate of drug-likeness (QED) is 0.470. The van der Waals surface area contributed by atoms with Crippen molar-refractivity contribution in [3.8, 4) is 0 Å². The Hall–Kier alpha value is -0.773. The molecule has 0 aliphatic rings. The monoisotopic (exact) mass is 362 g/mol. The van der Waals surface area contributed by atoms with Gasteiger partial charge in [0.25, 0.3) is 10.1 Å². The SMILES string of the molecule is CO[Si](CCc1ccc(S(=O)(=O)OCC(C)C)cc1)(OC)OC. The Morgan fingerprint density at radius 2 is 1.52 bits per heavy atom. The number of hydrogen-bond donors (Lipinski definition) is 0. The van der Waals surface area contributed by atoms with Crippen LogP contribution in [-0.2, 0) is 34.0 Å². The summed E-state index contributed by atoms with van der Waals surface area (Å²) in [5.41, 5.74) is 0.982. The molecule has 0 saturated heterocycles. The van der Waals surface area contributed by atoms with Gasteiger partial charge in [-0.25, -0.2) is 0 Å². The van der Waals surface area contributed by atoms with E-state index >= 15 is 0 Å². The van der Waals surface area contributed by atoms with Gasteiger partial charge in [-0.3, -0.25) is 4.18 Å². The molecule has 0 N–H and O–H groups in total. The highest BCUT2D eigenvalue weighted by atomic mass is 32.2. The average molecular weight is 363 g/mol.